The fraction of sp³-hybridized carbons (Fsp3) is 0.467. The van der Waals surface area contributed by atoms with Crippen LogP contribution in [0.1, 0.15) is 18.4 Å². The Morgan fingerprint density at radius 2 is 2.29 bits per heavy atom. The molecule has 1 fully saturated rings. The van der Waals surface area contributed by atoms with Gasteiger partial charge in [0.2, 0.25) is 11.8 Å². The average molecular weight is 311 g/mol. The third-order valence-corrected chi connectivity index (χ3v) is 3.56. The Labute approximate surface area is 129 Å². The van der Waals surface area contributed by atoms with Gasteiger partial charge >= 0.3 is 0 Å². The molecule has 0 spiro atoms. The third-order valence-electron chi connectivity index (χ3n) is 3.32. The van der Waals surface area contributed by atoms with Crippen molar-refractivity contribution in [2.24, 2.45) is 0 Å². The maximum absolute atomic E-state index is 11.9. The van der Waals surface area contributed by atoms with Crippen LogP contribution >= 0.6 is 11.6 Å². The van der Waals surface area contributed by atoms with Gasteiger partial charge in [-0.25, -0.2) is 0 Å². The first-order valence-electron chi connectivity index (χ1n) is 6.99. The van der Waals surface area contributed by atoms with Gasteiger partial charge in [0.25, 0.3) is 0 Å². The molecule has 1 saturated heterocycles. The van der Waals surface area contributed by atoms with Crippen LogP contribution in [0.5, 0.6) is 5.75 Å². The summed E-state index contributed by atoms with van der Waals surface area (Å²) >= 11 is 5.88. The van der Waals surface area contributed by atoms with Crippen molar-refractivity contribution < 1.29 is 14.3 Å². The minimum absolute atomic E-state index is 0.00118. The molecule has 1 heterocycles. The summed E-state index contributed by atoms with van der Waals surface area (Å²) in [5, 5.41) is 3.38. The lowest BCUT2D eigenvalue weighted by Gasteiger charge is -2.26. The molecule has 0 radical (unpaired) electrons. The lowest BCUT2D eigenvalue weighted by atomic mass is 10.2. The first-order valence-corrected chi connectivity index (χ1v) is 7.37. The van der Waals surface area contributed by atoms with Crippen molar-refractivity contribution in [2.45, 2.75) is 19.8 Å². The highest BCUT2D eigenvalue weighted by atomic mass is 35.5. The molecule has 0 atom stereocenters. The van der Waals surface area contributed by atoms with E-state index in [0.717, 1.165) is 11.3 Å². The molecule has 1 aromatic rings. The standard InChI is InChI=1S/C15H19ClN2O3/c1-11-9-12(16)4-5-13(11)21-8-2-3-15(20)18-7-6-17-14(19)10-18/h4-5,9H,2-3,6-8,10H2,1H3,(H,17,19). The zero-order chi connectivity index (χ0) is 15.2. The number of carbonyl (C=O) groups is 2. The van der Waals surface area contributed by atoms with Gasteiger partial charge in [-0.1, -0.05) is 11.6 Å². The number of nitrogens with one attached hydrogen (secondary N) is 1. The second-order valence-corrected chi connectivity index (χ2v) is 5.46. The summed E-state index contributed by atoms with van der Waals surface area (Å²) in [6.45, 7) is 3.68. The molecule has 114 valence electrons. The second-order valence-electron chi connectivity index (χ2n) is 5.03. The smallest absolute Gasteiger partial charge is 0.239 e. The molecular formula is C15H19ClN2O3. The molecular weight excluding hydrogens is 292 g/mol. The van der Waals surface area contributed by atoms with Gasteiger partial charge in [-0.05, 0) is 37.1 Å². The van der Waals surface area contributed by atoms with Crippen LogP contribution in [-0.4, -0.2) is 43.0 Å². The number of halogens is 1. The van der Waals surface area contributed by atoms with Crippen molar-refractivity contribution in [3.8, 4) is 5.75 Å². The number of hydrogen-bond acceptors (Lipinski definition) is 3. The Bertz CT molecular complexity index is 534. The minimum Gasteiger partial charge on any atom is -0.493 e. The molecule has 0 aliphatic carbocycles. The van der Waals surface area contributed by atoms with E-state index in [1.165, 1.54) is 0 Å². The minimum atomic E-state index is -0.0948. The van der Waals surface area contributed by atoms with Gasteiger partial charge in [-0.15, -0.1) is 0 Å². The van der Waals surface area contributed by atoms with Crippen molar-refractivity contribution in [2.75, 3.05) is 26.2 Å². The lowest BCUT2D eigenvalue weighted by molar-refractivity contribution is -0.138. The normalized spacial score (nSPS) is 14.8. The van der Waals surface area contributed by atoms with Crippen LogP contribution in [-0.2, 0) is 9.59 Å². The van der Waals surface area contributed by atoms with E-state index in [4.69, 9.17) is 16.3 Å². The van der Waals surface area contributed by atoms with E-state index in [2.05, 4.69) is 5.32 Å². The topological polar surface area (TPSA) is 58.6 Å². The number of benzene rings is 1. The molecule has 1 N–H and O–H groups in total. The Morgan fingerprint density at radius 3 is 3.00 bits per heavy atom. The summed E-state index contributed by atoms with van der Waals surface area (Å²) in [6.07, 6.45) is 1.01. The largest absolute Gasteiger partial charge is 0.493 e. The first kappa shape index (κ1) is 15.6. The van der Waals surface area contributed by atoms with Crippen molar-refractivity contribution in [3.05, 3.63) is 28.8 Å². The summed E-state index contributed by atoms with van der Waals surface area (Å²) in [6, 6.07) is 5.45. The van der Waals surface area contributed by atoms with Gasteiger partial charge in [-0.2, -0.15) is 0 Å². The number of rotatable bonds is 5. The van der Waals surface area contributed by atoms with Gasteiger partial charge in [0.05, 0.1) is 13.2 Å². The molecule has 1 aliphatic heterocycles. The highest BCUT2D eigenvalue weighted by Crippen LogP contribution is 2.21. The van der Waals surface area contributed by atoms with E-state index in [1.807, 2.05) is 19.1 Å². The Morgan fingerprint density at radius 1 is 1.48 bits per heavy atom. The van der Waals surface area contributed by atoms with E-state index >= 15 is 0 Å². The summed E-state index contributed by atoms with van der Waals surface area (Å²) in [5.74, 6) is 0.688. The zero-order valence-electron chi connectivity index (χ0n) is 12.0. The molecule has 0 unspecified atom stereocenters. The lowest BCUT2D eigenvalue weighted by Crippen LogP contribution is -2.49. The maximum Gasteiger partial charge on any atom is 0.239 e. The summed E-state index contributed by atoms with van der Waals surface area (Å²) in [7, 11) is 0. The van der Waals surface area contributed by atoms with Crippen LogP contribution < -0.4 is 10.1 Å². The highest BCUT2D eigenvalue weighted by molar-refractivity contribution is 6.30. The molecule has 0 saturated carbocycles. The van der Waals surface area contributed by atoms with Crippen LogP contribution in [0.4, 0.5) is 0 Å². The monoisotopic (exact) mass is 310 g/mol. The highest BCUT2D eigenvalue weighted by Gasteiger charge is 2.20. The van der Waals surface area contributed by atoms with E-state index in [9.17, 15) is 9.59 Å². The Hall–Kier alpha value is -1.75. The third kappa shape index (κ3) is 4.63. The Kier molecular flexibility index (Phi) is 5.44. The van der Waals surface area contributed by atoms with Gasteiger partial charge < -0.3 is 15.0 Å². The molecule has 1 aromatic carbocycles. The fourth-order valence-electron chi connectivity index (χ4n) is 2.19. The molecule has 2 rings (SSSR count). The number of hydrogen-bond donors (Lipinski definition) is 1. The quantitative estimate of drug-likeness (QED) is 0.843. The predicted molar refractivity (Wildman–Crippen MR) is 80.5 cm³/mol. The zero-order valence-corrected chi connectivity index (χ0v) is 12.8. The van der Waals surface area contributed by atoms with E-state index in [-0.39, 0.29) is 18.4 Å². The average Bonchev–Trinajstić information content (AvgIpc) is 2.45. The summed E-state index contributed by atoms with van der Waals surface area (Å²) < 4.78 is 5.64. The van der Waals surface area contributed by atoms with Crippen LogP contribution in [0.2, 0.25) is 5.02 Å². The molecule has 0 bridgehead atoms. The van der Waals surface area contributed by atoms with Crippen molar-refractivity contribution in [1.82, 2.24) is 10.2 Å². The molecule has 1 aliphatic rings. The first-order chi connectivity index (χ1) is 10.1. The summed E-state index contributed by atoms with van der Waals surface area (Å²) in [5.41, 5.74) is 0.974. The van der Waals surface area contributed by atoms with Gasteiger partial charge in [0, 0.05) is 24.5 Å². The van der Waals surface area contributed by atoms with E-state index < -0.39 is 0 Å². The van der Waals surface area contributed by atoms with Gasteiger partial charge in [-0.3, -0.25) is 9.59 Å². The molecule has 6 heteroatoms. The number of piperazine rings is 1. The number of amides is 2. The molecule has 2 amide bonds. The Balaban J connectivity index is 1.71. The van der Waals surface area contributed by atoms with Crippen LogP contribution in [0.25, 0.3) is 0 Å². The second kappa shape index (κ2) is 7.31. The molecule has 5 nitrogen and oxygen atoms in total. The predicted octanol–water partition coefficient (Wildman–Crippen LogP) is 1.77. The SMILES string of the molecule is Cc1cc(Cl)ccc1OCCCC(=O)N1CCNC(=O)C1. The molecule has 0 aromatic heterocycles. The molecule has 21 heavy (non-hydrogen) atoms. The number of aryl methyl sites for hydroxylation is 1. The van der Waals surface area contributed by atoms with Crippen molar-refractivity contribution >= 4 is 23.4 Å². The van der Waals surface area contributed by atoms with Gasteiger partial charge in [0.15, 0.2) is 0 Å². The number of carbonyl (C=O) groups excluding carboxylic acids is 2. The van der Waals surface area contributed by atoms with Crippen LogP contribution in [0.3, 0.4) is 0 Å². The fourth-order valence-corrected chi connectivity index (χ4v) is 2.42. The maximum atomic E-state index is 11.9. The van der Waals surface area contributed by atoms with Gasteiger partial charge in [0.1, 0.15) is 5.75 Å². The van der Waals surface area contributed by atoms with E-state index in [1.54, 1.807) is 11.0 Å². The van der Waals surface area contributed by atoms with Crippen molar-refractivity contribution in [1.29, 1.82) is 0 Å². The van der Waals surface area contributed by atoms with Crippen LogP contribution in [0, 0.1) is 6.92 Å². The number of ether oxygens (including phenoxy) is 1. The number of nitrogens with zero attached hydrogens (tertiary/aromatic N) is 1. The van der Waals surface area contributed by atoms with Crippen molar-refractivity contribution in [3.63, 3.8) is 0 Å². The summed E-state index contributed by atoms with van der Waals surface area (Å²) in [4.78, 5) is 24.7. The van der Waals surface area contributed by atoms with E-state index in [0.29, 0.717) is 37.6 Å². The van der Waals surface area contributed by atoms with Crippen LogP contribution in [0.15, 0.2) is 18.2 Å².